The molecule has 0 spiro atoms. The molecule has 0 saturated heterocycles. The minimum Gasteiger partial charge on any atom is -0.392 e. The molecule has 0 fully saturated rings. The van der Waals surface area contributed by atoms with Crippen molar-refractivity contribution in [1.82, 2.24) is 0 Å². The molecule has 0 radical (unpaired) electrons. The summed E-state index contributed by atoms with van der Waals surface area (Å²) < 4.78 is 1.09. The average Bonchev–Trinajstić information content (AvgIpc) is 2.67. The molecule has 1 nitrogen and oxygen atoms in total. The van der Waals surface area contributed by atoms with E-state index in [2.05, 4.69) is 15.9 Å². The van der Waals surface area contributed by atoms with E-state index in [1.807, 2.05) is 36.4 Å². The molecule has 0 amide bonds. The number of rotatable bonds is 4. The van der Waals surface area contributed by atoms with Gasteiger partial charge < -0.3 is 5.11 Å². The van der Waals surface area contributed by atoms with Crippen molar-refractivity contribution in [2.45, 2.75) is 18.9 Å². The minimum atomic E-state index is -0.388. The lowest BCUT2D eigenvalue weighted by atomic mass is 10.1. The molecule has 0 aliphatic rings. The molecule has 1 atom stereocenters. The van der Waals surface area contributed by atoms with Gasteiger partial charge in [-0.15, -0.1) is 11.3 Å². The van der Waals surface area contributed by atoms with Crippen LogP contribution < -0.4 is 0 Å². The van der Waals surface area contributed by atoms with E-state index in [0.717, 1.165) is 14.4 Å². The SMILES string of the molecule is OC(Cc1ccc(Br)s1)Cc1ccccc1Cl. The Morgan fingerprint density at radius 3 is 2.59 bits per heavy atom. The van der Waals surface area contributed by atoms with Gasteiger partial charge >= 0.3 is 0 Å². The third-order valence-corrected chi connectivity index (χ3v) is 4.49. The summed E-state index contributed by atoms with van der Waals surface area (Å²) in [6, 6.07) is 11.7. The molecule has 2 aromatic rings. The number of aliphatic hydroxyl groups excluding tert-OH is 1. The molecule has 2 rings (SSSR count). The zero-order chi connectivity index (χ0) is 12.3. The van der Waals surface area contributed by atoms with Gasteiger partial charge in [0.25, 0.3) is 0 Å². The molecule has 1 unspecified atom stereocenters. The molecule has 1 N–H and O–H groups in total. The Hall–Kier alpha value is -0.350. The summed E-state index contributed by atoms with van der Waals surface area (Å²) in [6.45, 7) is 0. The summed E-state index contributed by atoms with van der Waals surface area (Å²) in [5.74, 6) is 0. The number of halogens is 2. The van der Waals surface area contributed by atoms with Crippen LogP contribution in [0.5, 0.6) is 0 Å². The van der Waals surface area contributed by atoms with E-state index in [4.69, 9.17) is 11.6 Å². The van der Waals surface area contributed by atoms with Gasteiger partial charge in [-0.05, 0) is 39.7 Å². The summed E-state index contributed by atoms with van der Waals surface area (Å²) in [4.78, 5) is 1.18. The molecule has 4 heteroatoms. The molecule has 1 aromatic heterocycles. The van der Waals surface area contributed by atoms with Gasteiger partial charge in [-0.25, -0.2) is 0 Å². The molecule has 90 valence electrons. The number of hydrogen-bond acceptors (Lipinski definition) is 2. The second-order valence-electron chi connectivity index (χ2n) is 3.86. The third kappa shape index (κ3) is 3.81. The molecule has 0 aliphatic heterocycles. The van der Waals surface area contributed by atoms with Crippen LogP contribution in [0.2, 0.25) is 5.02 Å². The van der Waals surface area contributed by atoms with Crippen LogP contribution in [0.25, 0.3) is 0 Å². The van der Waals surface area contributed by atoms with Crippen LogP contribution in [0, 0.1) is 0 Å². The Labute approximate surface area is 118 Å². The summed E-state index contributed by atoms with van der Waals surface area (Å²) >= 11 is 11.1. The lowest BCUT2D eigenvalue weighted by Gasteiger charge is -2.10. The predicted molar refractivity (Wildman–Crippen MR) is 76.9 cm³/mol. The molecular weight excluding hydrogens is 320 g/mol. The van der Waals surface area contributed by atoms with Crippen LogP contribution in [0.15, 0.2) is 40.2 Å². The quantitative estimate of drug-likeness (QED) is 0.885. The summed E-state index contributed by atoms with van der Waals surface area (Å²) in [7, 11) is 0. The summed E-state index contributed by atoms with van der Waals surface area (Å²) in [5, 5.41) is 10.7. The fourth-order valence-electron chi connectivity index (χ4n) is 1.68. The molecule has 0 saturated carbocycles. The van der Waals surface area contributed by atoms with E-state index < -0.39 is 0 Å². The highest BCUT2D eigenvalue weighted by Crippen LogP contribution is 2.24. The second kappa shape index (κ2) is 6.01. The number of benzene rings is 1. The first-order chi connectivity index (χ1) is 8.15. The lowest BCUT2D eigenvalue weighted by Crippen LogP contribution is -2.13. The molecular formula is C13H12BrClOS. The molecule has 0 aliphatic carbocycles. The smallest absolute Gasteiger partial charge is 0.0701 e. The van der Waals surface area contributed by atoms with E-state index in [1.165, 1.54) is 4.88 Å². The Balaban J connectivity index is 1.98. The highest BCUT2D eigenvalue weighted by Gasteiger charge is 2.10. The van der Waals surface area contributed by atoms with Crippen molar-refractivity contribution in [3.05, 3.63) is 55.6 Å². The number of thiophene rings is 1. The first-order valence-corrected chi connectivity index (χ1v) is 7.29. The molecule has 1 aromatic carbocycles. The topological polar surface area (TPSA) is 20.2 Å². The van der Waals surface area contributed by atoms with E-state index in [9.17, 15) is 5.11 Å². The maximum absolute atomic E-state index is 10.0. The third-order valence-electron chi connectivity index (χ3n) is 2.48. The van der Waals surface area contributed by atoms with Gasteiger partial charge in [0.1, 0.15) is 0 Å². The van der Waals surface area contributed by atoms with Gasteiger partial charge in [-0.2, -0.15) is 0 Å². The van der Waals surface area contributed by atoms with Crippen molar-refractivity contribution in [2.75, 3.05) is 0 Å². The van der Waals surface area contributed by atoms with Gasteiger partial charge in [-0.1, -0.05) is 29.8 Å². The number of hydrogen-bond donors (Lipinski definition) is 1. The second-order valence-corrected chi connectivity index (χ2v) is 6.81. The first kappa shape index (κ1) is 13.1. The Morgan fingerprint density at radius 2 is 1.94 bits per heavy atom. The monoisotopic (exact) mass is 330 g/mol. The largest absolute Gasteiger partial charge is 0.392 e. The highest BCUT2D eigenvalue weighted by molar-refractivity contribution is 9.11. The fraction of sp³-hybridized carbons (Fsp3) is 0.231. The highest BCUT2D eigenvalue weighted by atomic mass is 79.9. The van der Waals surface area contributed by atoms with Gasteiger partial charge in [-0.3, -0.25) is 0 Å². The maximum atomic E-state index is 10.0. The van der Waals surface area contributed by atoms with Gasteiger partial charge in [0.2, 0.25) is 0 Å². The van der Waals surface area contributed by atoms with Gasteiger partial charge in [0, 0.05) is 22.7 Å². The first-order valence-electron chi connectivity index (χ1n) is 5.31. The summed E-state index contributed by atoms with van der Waals surface area (Å²) in [6.07, 6.45) is 0.872. The Morgan fingerprint density at radius 1 is 1.18 bits per heavy atom. The van der Waals surface area contributed by atoms with E-state index >= 15 is 0 Å². The lowest BCUT2D eigenvalue weighted by molar-refractivity contribution is 0.176. The summed E-state index contributed by atoms with van der Waals surface area (Å²) in [5.41, 5.74) is 0.997. The van der Waals surface area contributed by atoms with Crippen LogP contribution in [-0.2, 0) is 12.8 Å². The zero-order valence-electron chi connectivity index (χ0n) is 9.07. The Bertz CT molecular complexity index is 498. The van der Waals surface area contributed by atoms with E-state index in [-0.39, 0.29) is 6.10 Å². The van der Waals surface area contributed by atoms with E-state index in [0.29, 0.717) is 12.8 Å². The van der Waals surface area contributed by atoms with Crippen molar-refractivity contribution in [1.29, 1.82) is 0 Å². The van der Waals surface area contributed by atoms with Crippen molar-refractivity contribution in [3.8, 4) is 0 Å². The zero-order valence-corrected chi connectivity index (χ0v) is 12.2. The molecule has 17 heavy (non-hydrogen) atoms. The van der Waals surface area contributed by atoms with Crippen molar-refractivity contribution >= 4 is 38.9 Å². The molecule has 1 heterocycles. The van der Waals surface area contributed by atoms with Crippen molar-refractivity contribution < 1.29 is 5.11 Å². The van der Waals surface area contributed by atoms with Crippen LogP contribution in [0.3, 0.4) is 0 Å². The van der Waals surface area contributed by atoms with Crippen LogP contribution in [0.1, 0.15) is 10.4 Å². The van der Waals surface area contributed by atoms with Crippen LogP contribution in [0.4, 0.5) is 0 Å². The predicted octanol–water partition coefficient (Wildman–Crippen LogP) is 4.31. The Kier molecular flexibility index (Phi) is 4.62. The van der Waals surface area contributed by atoms with E-state index in [1.54, 1.807) is 11.3 Å². The maximum Gasteiger partial charge on any atom is 0.0701 e. The molecule has 0 bridgehead atoms. The van der Waals surface area contributed by atoms with Crippen molar-refractivity contribution in [2.24, 2.45) is 0 Å². The normalized spacial score (nSPS) is 12.6. The van der Waals surface area contributed by atoms with Gasteiger partial charge in [0.05, 0.1) is 9.89 Å². The minimum absolute atomic E-state index is 0.388. The van der Waals surface area contributed by atoms with Crippen LogP contribution in [-0.4, -0.2) is 11.2 Å². The average molecular weight is 332 g/mol. The van der Waals surface area contributed by atoms with Gasteiger partial charge in [0.15, 0.2) is 0 Å². The van der Waals surface area contributed by atoms with Crippen molar-refractivity contribution in [3.63, 3.8) is 0 Å². The van der Waals surface area contributed by atoms with Crippen LogP contribution >= 0.6 is 38.9 Å². The number of aliphatic hydroxyl groups is 1. The standard InChI is InChI=1S/C13H12BrClOS/c14-13-6-5-11(17-13)8-10(16)7-9-3-1-2-4-12(9)15/h1-6,10,16H,7-8H2. The fourth-order valence-corrected chi connectivity index (χ4v) is 3.45.